The van der Waals surface area contributed by atoms with E-state index in [0.29, 0.717) is 28.0 Å². The molecule has 0 saturated heterocycles. The van der Waals surface area contributed by atoms with E-state index < -0.39 is 5.82 Å². The van der Waals surface area contributed by atoms with Crippen molar-refractivity contribution >= 4 is 34.2 Å². The van der Waals surface area contributed by atoms with E-state index in [0.717, 1.165) is 0 Å². The molecule has 0 atom stereocenters. The van der Waals surface area contributed by atoms with Gasteiger partial charge in [0.2, 0.25) is 0 Å². The fourth-order valence-corrected chi connectivity index (χ4v) is 2.36. The van der Waals surface area contributed by atoms with Crippen molar-refractivity contribution in [1.29, 1.82) is 0 Å². The second-order valence-electron chi connectivity index (χ2n) is 3.17. The summed E-state index contributed by atoms with van der Waals surface area (Å²) in [6.07, 6.45) is 0.693. The molecule has 2 rings (SSSR count). The monoisotopic (exact) mass is 255 g/mol. The first-order chi connectivity index (χ1) is 7.63. The summed E-state index contributed by atoms with van der Waals surface area (Å²) in [6.45, 7) is 0. The summed E-state index contributed by atoms with van der Waals surface area (Å²) in [7, 11) is 0. The minimum Gasteiger partial charge on any atom is -0.390 e. The van der Waals surface area contributed by atoms with Gasteiger partial charge in [0.15, 0.2) is 6.29 Å². The van der Waals surface area contributed by atoms with E-state index in [1.807, 2.05) is 0 Å². The molecule has 0 aliphatic rings. The lowest BCUT2D eigenvalue weighted by molar-refractivity contribution is 0.112. The molecule has 0 bridgehead atoms. The number of anilines is 1. The number of carbonyl (C=O) groups is 1. The van der Waals surface area contributed by atoms with Crippen molar-refractivity contribution < 1.29 is 9.18 Å². The van der Waals surface area contributed by atoms with Crippen molar-refractivity contribution in [3.05, 3.63) is 40.0 Å². The molecule has 1 heterocycles. The highest BCUT2D eigenvalue weighted by molar-refractivity contribution is 7.14. The van der Waals surface area contributed by atoms with Crippen molar-refractivity contribution in [1.82, 2.24) is 0 Å². The number of rotatable bonds is 2. The maximum Gasteiger partial charge on any atom is 0.153 e. The van der Waals surface area contributed by atoms with Crippen LogP contribution in [-0.4, -0.2) is 6.29 Å². The fourth-order valence-electron chi connectivity index (χ4n) is 1.39. The van der Waals surface area contributed by atoms with Crippen LogP contribution in [0.3, 0.4) is 0 Å². The Balaban J connectivity index is 2.58. The maximum atomic E-state index is 13.0. The third-order valence-electron chi connectivity index (χ3n) is 2.21. The number of benzene rings is 1. The molecule has 0 aliphatic heterocycles. The molecule has 2 aromatic rings. The molecular formula is C11H7ClFNOS. The predicted molar refractivity (Wildman–Crippen MR) is 64.5 cm³/mol. The highest BCUT2D eigenvalue weighted by Gasteiger charge is 2.11. The summed E-state index contributed by atoms with van der Waals surface area (Å²) in [6, 6.07) is 4.31. The normalized spacial score (nSPS) is 10.4. The van der Waals surface area contributed by atoms with Crippen LogP contribution in [0.5, 0.6) is 0 Å². The second kappa shape index (κ2) is 4.23. The average Bonchev–Trinajstić information content (AvgIpc) is 2.63. The molecular weight excluding hydrogens is 249 g/mol. The molecule has 5 heteroatoms. The van der Waals surface area contributed by atoms with E-state index >= 15 is 0 Å². The fraction of sp³-hybridized carbons (Fsp3) is 0. The Kier molecular flexibility index (Phi) is 2.94. The Bertz CT molecular complexity index is 553. The molecule has 0 saturated carbocycles. The molecule has 0 aliphatic carbocycles. The van der Waals surface area contributed by atoms with Crippen LogP contribution in [-0.2, 0) is 0 Å². The van der Waals surface area contributed by atoms with Gasteiger partial charge in [-0.1, -0.05) is 17.7 Å². The van der Waals surface area contributed by atoms with Crippen molar-refractivity contribution in [2.24, 2.45) is 0 Å². The van der Waals surface area contributed by atoms with Gasteiger partial charge in [-0.3, -0.25) is 4.79 Å². The minimum atomic E-state index is -0.485. The van der Waals surface area contributed by atoms with Gasteiger partial charge in [-0.05, 0) is 17.7 Å². The zero-order valence-electron chi connectivity index (χ0n) is 8.04. The zero-order valence-corrected chi connectivity index (χ0v) is 9.61. The summed E-state index contributed by atoms with van der Waals surface area (Å²) in [5, 5.41) is 2.23. The number of hydrogen-bond donors (Lipinski definition) is 1. The van der Waals surface area contributed by atoms with Crippen LogP contribution >= 0.6 is 22.9 Å². The van der Waals surface area contributed by atoms with Crippen LogP contribution in [0.15, 0.2) is 23.6 Å². The van der Waals surface area contributed by atoms with E-state index in [2.05, 4.69) is 0 Å². The molecule has 1 aromatic heterocycles. The van der Waals surface area contributed by atoms with Gasteiger partial charge in [-0.15, -0.1) is 11.3 Å². The Labute approximate surface area is 100 Å². The number of halogens is 2. The van der Waals surface area contributed by atoms with Gasteiger partial charge < -0.3 is 5.73 Å². The van der Waals surface area contributed by atoms with Crippen LogP contribution in [0.25, 0.3) is 11.1 Å². The van der Waals surface area contributed by atoms with Crippen LogP contribution in [0, 0.1) is 5.82 Å². The molecule has 82 valence electrons. The zero-order chi connectivity index (χ0) is 11.7. The Hall–Kier alpha value is -1.39. The summed E-state index contributed by atoms with van der Waals surface area (Å²) in [5.41, 5.74) is 7.42. The van der Waals surface area contributed by atoms with Crippen LogP contribution in [0.2, 0.25) is 5.02 Å². The molecule has 1 aromatic carbocycles. The molecule has 0 amide bonds. The lowest BCUT2D eigenvalue weighted by Gasteiger charge is -2.01. The summed E-state index contributed by atoms with van der Waals surface area (Å²) < 4.78 is 13.0. The highest BCUT2D eigenvalue weighted by Crippen LogP contribution is 2.33. The quantitative estimate of drug-likeness (QED) is 0.833. The third kappa shape index (κ3) is 1.81. The molecule has 0 spiro atoms. The van der Waals surface area contributed by atoms with E-state index in [1.165, 1.54) is 23.5 Å². The number of aldehydes is 1. The molecule has 0 fully saturated rings. The van der Waals surface area contributed by atoms with Crippen LogP contribution in [0.4, 0.5) is 9.39 Å². The SMILES string of the molecule is Nc1scc(-c2ccc(F)c(Cl)c2)c1C=O. The number of carbonyl (C=O) groups excluding carboxylic acids is 1. The summed E-state index contributed by atoms with van der Waals surface area (Å²) in [4.78, 5) is 10.9. The summed E-state index contributed by atoms with van der Waals surface area (Å²) >= 11 is 6.95. The van der Waals surface area contributed by atoms with Crippen LogP contribution < -0.4 is 5.73 Å². The maximum absolute atomic E-state index is 13.0. The predicted octanol–water partition coefficient (Wildman–Crippen LogP) is 3.60. The van der Waals surface area contributed by atoms with E-state index in [-0.39, 0.29) is 5.02 Å². The van der Waals surface area contributed by atoms with Gasteiger partial charge in [0.25, 0.3) is 0 Å². The van der Waals surface area contributed by atoms with E-state index in [4.69, 9.17) is 17.3 Å². The van der Waals surface area contributed by atoms with Gasteiger partial charge >= 0.3 is 0 Å². The topological polar surface area (TPSA) is 43.1 Å². The number of thiophene rings is 1. The molecule has 0 radical (unpaired) electrons. The highest BCUT2D eigenvalue weighted by atomic mass is 35.5. The summed E-state index contributed by atoms with van der Waals surface area (Å²) in [5.74, 6) is -0.485. The van der Waals surface area contributed by atoms with E-state index in [1.54, 1.807) is 11.4 Å². The first-order valence-corrected chi connectivity index (χ1v) is 5.67. The van der Waals surface area contributed by atoms with Crippen molar-refractivity contribution in [3.63, 3.8) is 0 Å². The number of nitrogen functional groups attached to an aromatic ring is 1. The smallest absolute Gasteiger partial charge is 0.153 e. The van der Waals surface area contributed by atoms with Gasteiger partial charge in [-0.25, -0.2) is 4.39 Å². The lowest BCUT2D eigenvalue weighted by Crippen LogP contribution is -1.89. The first kappa shape index (κ1) is 11.1. The Morgan fingerprint density at radius 2 is 2.19 bits per heavy atom. The van der Waals surface area contributed by atoms with Gasteiger partial charge in [0.05, 0.1) is 15.6 Å². The number of hydrogen-bond acceptors (Lipinski definition) is 3. The van der Waals surface area contributed by atoms with Gasteiger partial charge in [0.1, 0.15) is 5.82 Å². The molecule has 16 heavy (non-hydrogen) atoms. The third-order valence-corrected chi connectivity index (χ3v) is 3.32. The minimum absolute atomic E-state index is 0.0270. The van der Waals surface area contributed by atoms with Crippen molar-refractivity contribution in [2.75, 3.05) is 5.73 Å². The second-order valence-corrected chi connectivity index (χ2v) is 4.49. The molecule has 0 unspecified atom stereocenters. The van der Waals surface area contributed by atoms with Crippen molar-refractivity contribution in [2.45, 2.75) is 0 Å². The standard InChI is InChI=1S/C11H7ClFNOS/c12-9-3-6(1-2-10(9)13)8-5-16-11(14)7(8)4-15/h1-5H,14H2. The van der Waals surface area contributed by atoms with Crippen molar-refractivity contribution in [3.8, 4) is 11.1 Å². The lowest BCUT2D eigenvalue weighted by atomic mass is 10.1. The first-order valence-electron chi connectivity index (χ1n) is 4.41. The van der Waals surface area contributed by atoms with Crippen LogP contribution in [0.1, 0.15) is 10.4 Å². The Morgan fingerprint density at radius 3 is 2.81 bits per heavy atom. The average molecular weight is 256 g/mol. The van der Waals surface area contributed by atoms with Gasteiger partial charge in [0, 0.05) is 10.9 Å². The molecule has 2 nitrogen and oxygen atoms in total. The Morgan fingerprint density at radius 1 is 1.44 bits per heavy atom. The number of nitrogens with two attached hydrogens (primary N) is 1. The van der Waals surface area contributed by atoms with Gasteiger partial charge in [-0.2, -0.15) is 0 Å². The molecule has 2 N–H and O–H groups in total. The largest absolute Gasteiger partial charge is 0.390 e. The van der Waals surface area contributed by atoms with E-state index in [9.17, 15) is 9.18 Å².